The first-order valence-electron chi connectivity index (χ1n) is 8.78. The average Bonchev–Trinajstić information content (AvgIpc) is 2.70. The van der Waals surface area contributed by atoms with Gasteiger partial charge in [0.15, 0.2) is 5.82 Å². The van der Waals surface area contributed by atoms with Crippen LogP contribution >= 0.6 is 0 Å². The molecule has 0 radical (unpaired) electrons. The largest absolute Gasteiger partial charge is 0.478 e. The number of nitrogen functional groups attached to an aromatic ring is 2. The van der Waals surface area contributed by atoms with Crippen LogP contribution in [0.25, 0.3) is 22.5 Å². The van der Waals surface area contributed by atoms with Crippen LogP contribution in [0.4, 0.5) is 17.2 Å². The molecule has 3 rings (SSSR count). The molecule has 8 nitrogen and oxygen atoms in total. The molecule has 0 unspecified atom stereocenters. The number of hydrogen-bond donors (Lipinski definition) is 5. The summed E-state index contributed by atoms with van der Waals surface area (Å²) in [6.07, 6.45) is 0.922. The van der Waals surface area contributed by atoms with Gasteiger partial charge in [0.2, 0.25) is 0 Å². The van der Waals surface area contributed by atoms with E-state index in [4.69, 9.17) is 16.6 Å². The third-order valence-corrected chi connectivity index (χ3v) is 4.29. The number of nitrogens with zero attached hydrogens (tertiary/aromatic N) is 1. The van der Waals surface area contributed by atoms with E-state index < -0.39 is 11.5 Å². The summed E-state index contributed by atoms with van der Waals surface area (Å²) in [4.78, 5) is 29.8. The van der Waals surface area contributed by atoms with Crippen LogP contribution in [0, 0.1) is 0 Å². The Bertz CT molecular complexity index is 1070. The van der Waals surface area contributed by atoms with E-state index in [1.54, 1.807) is 24.3 Å². The molecule has 1 heterocycles. The first-order valence-corrected chi connectivity index (χ1v) is 8.78. The summed E-state index contributed by atoms with van der Waals surface area (Å²) in [7, 11) is 0. The van der Waals surface area contributed by atoms with Crippen molar-refractivity contribution in [1.82, 2.24) is 9.97 Å². The van der Waals surface area contributed by atoms with E-state index in [0.29, 0.717) is 11.4 Å². The van der Waals surface area contributed by atoms with Crippen molar-refractivity contribution in [2.75, 3.05) is 23.3 Å². The molecular weight excluding hydrogens is 358 g/mol. The SMILES string of the molecule is CCCNc1cc(-c2nc(N)c(N)c(=O)[nH]2)ccc1-c1ccc(C(=O)O)cc1. The monoisotopic (exact) mass is 379 g/mol. The lowest BCUT2D eigenvalue weighted by molar-refractivity contribution is 0.0697. The molecule has 7 N–H and O–H groups in total. The van der Waals surface area contributed by atoms with Gasteiger partial charge in [-0.05, 0) is 30.2 Å². The number of rotatable bonds is 6. The van der Waals surface area contributed by atoms with E-state index in [9.17, 15) is 9.59 Å². The number of aromatic carboxylic acids is 1. The number of carboxylic acids is 1. The van der Waals surface area contributed by atoms with Crippen molar-refractivity contribution in [3.63, 3.8) is 0 Å². The first-order chi connectivity index (χ1) is 13.4. The van der Waals surface area contributed by atoms with E-state index in [-0.39, 0.29) is 17.1 Å². The topological polar surface area (TPSA) is 147 Å². The molecule has 2 aromatic carbocycles. The Labute approximate surface area is 161 Å². The maximum atomic E-state index is 11.9. The third-order valence-electron chi connectivity index (χ3n) is 4.29. The molecule has 3 aromatic rings. The molecule has 8 heteroatoms. The Balaban J connectivity index is 2.07. The molecular formula is C20H21N5O3. The van der Waals surface area contributed by atoms with Crippen molar-refractivity contribution < 1.29 is 9.90 Å². The molecule has 0 amide bonds. The van der Waals surface area contributed by atoms with Gasteiger partial charge >= 0.3 is 5.97 Å². The highest BCUT2D eigenvalue weighted by Gasteiger charge is 2.12. The van der Waals surface area contributed by atoms with Gasteiger partial charge in [-0.2, -0.15) is 0 Å². The fourth-order valence-electron chi connectivity index (χ4n) is 2.78. The smallest absolute Gasteiger partial charge is 0.335 e. The van der Waals surface area contributed by atoms with Crippen molar-refractivity contribution in [2.24, 2.45) is 0 Å². The fourth-order valence-corrected chi connectivity index (χ4v) is 2.78. The van der Waals surface area contributed by atoms with Crippen molar-refractivity contribution in [2.45, 2.75) is 13.3 Å². The molecule has 0 fully saturated rings. The lowest BCUT2D eigenvalue weighted by Gasteiger charge is -2.14. The molecule has 0 aliphatic carbocycles. The Morgan fingerprint density at radius 1 is 1.14 bits per heavy atom. The number of hydrogen-bond acceptors (Lipinski definition) is 6. The van der Waals surface area contributed by atoms with Crippen LogP contribution in [0.15, 0.2) is 47.3 Å². The number of H-pyrrole nitrogens is 1. The number of carbonyl (C=O) groups is 1. The molecule has 0 spiro atoms. The van der Waals surface area contributed by atoms with Gasteiger partial charge in [0, 0.05) is 23.4 Å². The second kappa shape index (κ2) is 7.83. The summed E-state index contributed by atoms with van der Waals surface area (Å²) in [5, 5.41) is 12.4. The van der Waals surface area contributed by atoms with Crippen molar-refractivity contribution in [3.8, 4) is 22.5 Å². The quantitative estimate of drug-likeness (QED) is 0.442. The standard InChI is InChI=1S/C20H21N5O3/c1-2-9-23-15-10-13(18-24-17(22)16(21)19(26)25-18)7-8-14(15)11-3-5-12(6-4-11)20(27)28/h3-8,10,23H,2,9,21H2,1H3,(H,27,28)(H3,22,24,25,26). The average molecular weight is 379 g/mol. The van der Waals surface area contributed by atoms with Crippen LogP contribution in [0.1, 0.15) is 23.7 Å². The first kappa shape index (κ1) is 19.0. The maximum Gasteiger partial charge on any atom is 0.335 e. The van der Waals surface area contributed by atoms with E-state index >= 15 is 0 Å². The number of aromatic nitrogens is 2. The van der Waals surface area contributed by atoms with Gasteiger partial charge in [-0.1, -0.05) is 31.2 Å². The molecule has 0 aliphatic rings. The van der Waals surface area contributed by atoms with Gasteiger partial charge in [-0.3, -0.25) is 4.79 Å². The van der Waals surface area contributed by atoms with Crippen molar-refractivity contribution in [3.05, 3.63) is 58.4 Å². The van der Waals surface area contributed by atoms with Crippen molar-refractivity contribution in [1.29, 1.82) is 0 Å². The van der Waals surface area contributed by atoms with Crippen LogP contribution in [0.5, 0.6) is 0 Å². The van der Waals surface area contributed by atoms with Crippen molar-refractivity contribution >= 4 is 23.2 Å². The number of benzene rings is 2. The van der Waals surface area contributed by atoms with Gasteiger partial charge in [-0.15, -0.1) is 0 Å². The zero-order valence-electron chi connectivity index (χ0n) is 15.3. The second-order valence-electron chi connectivity index (χ2n) is 6.28. The number of anilines is 3. The summed E-state index contributed by atoms with van der Waals surface area (Å²) >= 11 is 0. The Morgan fingerprint density at radius 2 is 1.82 bits per heavy atom. The zero-order valence-corrected chi connectivity index (χ0v) is 15.3. The van der Waals surface area contributed by atoms with Crippen LogP contribution in [-0.2, 0) is 0 Å². The van der Waals surface area contributed by atoms with Gasteiger partial charge in [0.1, 0.15) is 11.5 Å². The summed E-state index contributed by atoms with van der Waals surface area (Å²) in [6.45, 7) is 2.80. The number of nitrogens with one attached hydrogen (secondary N) is 2. The second-order valence-corrected chi connectivity index (χ2v) is 6.28. The molecule has 28 heavy (non-hydrogen) atoms. The number of aromatic amines is 1. The van der Waals surface area contributed by atoms with E-state index in [2.05, 4.69) is 22.2 Å². The summed E-state index contributed by atoms with van der Waals surface area (Å²) < 4.78 is 0. The third kappa shape index (κ3) is 3.80. The minimum absolute atomic E-state index is 0.0184. The Morgan fingerprint density at radius 3 is 2.43 bits per heavy atom. The van der Waals surface area contributed by atoms with E-state index in [1.165, 1.54) is 0 Å². The summed E-state index contributed by atoms with van der Waals surface area (Å²) in [5.41, 5.74) is 14.2. The summed E-state index contributed by atoms with van der Waals surface area (Å²) in [5.74, 6) is -0.665. The minimum atomic E-state index is -0.970. The lowest BCUT2D eigenvalue weighted by Crippen LogP contribution is -2.17. The van der Waals surface area contributed by atoms with E-state index in [1.807, 2.05) is 18.2 Å². The van der Waals surface area contributed by atoms with Crippen LogP contribution in [0.3, 0.4) is 0 Å². The molecule has 1 aromatic heterocycles. The molecule has 0 aliphatic heterocycles. The highest BCUT2D eigenvalue weighted by molar-refractivity contribution is 5.89. The Hall–Kier alpha value is -3.81. The van der Waals surface area contributed by atoms with Gasteiger partial charge in [0.25, 0.3) is 5.56 Å². The number of carboxylic acid groups (broad SMARTS) is 1. The van der Waals surface area contributed by atoms with Crippen LogP contribution < -0.4 is 22.3 Å². The molecule has 144 valence electrons. The fraction of sp³-hybridized carbons (Fsp3) is 0.150. The highest BCUT2D eigenvalue weighted by atomic mass is 16.4. The van der Waals surface area contributed by atoms with Gasteiger partial charge in [-0.25, -0.2) is 9.78 Å². The summed E-state index contributed by atoms with van der Waals surface area (Å²) in [6, 6.07) is 12.2. The van der Waals surface area contributed by atoms with Crippen LogP contribution in [0.2, 0.25) is 0 Å². The van der Waals surface area contributed by atoms with Gasteiger partial charge in [0.05, 0.1) is 5.56 Å². The Kier molecular flexibility index (Phi) is 5.30. The zero-order chi connectivity index (χ0) is 20.3. The molecule has 0 atom stereocenters. The number of nitrogens with two attached hydrogens (primary N) is 2. The van der Waals surface area contributed by atoms with E-state index in [0.717, 1.165) is 29.8 Å². The van der Waals surface area contributed by atoms with Gasteiger partial charge < -0.3 is 26.9 Å². The highest BCUT2D eigenvalue weighted by Crippen LogP contribution is 2.32. The minimum Gasteiger partial charge on any atom is -0.478 e. The van der Waals surface area contributed by atoms with Crippen LogP contribution in [-0.4, -0.2) is 27.6 Å². The lowest BCUT2D eigenvalue weighted by atomic mass is 9.99. The predicted octanol–water partition coefficient (Wildman–Crippen LogP) is 2.79. The molecule has 0 saturated carbocycles. The normalized spacial score (nSPS) is 10.6. The maximum absolute atomic E-state index is 11.9. The molecule has 0 bridgehead atoms. The predicted molar refractivity (Wildman–Crippen MR) is 110 cm³/mol. The molecule has 0 saturated heterocycles.